The van der Waals surface area contributed by atoms with Gasteiger partial charge in [0.15, 0.2) is 5.78 Å². The predicted molar refractivity (Wildman–Crippen MR) is 92.6 cm³/mol. The summed E-state index contributed by atoms with van der Waals surface area (Å²) >= 11 is 0. The van der Waals surface area contributed by atoms with Crippen LogP contribution in [0, 0.1) is 5.92 Å². The molecule has 0 bridgehead atoms. The first-order valence-corrected chi connectivity index (χ1v) is 8.31. The van der Waals surface area contributed by atoms with Crippen LogP contribution < -0.4 is 5.32 Å². The van der Waals surface area contributed by atoms with E-state index in [1.807, 2.05) is 0 Å². The SMILES string of the molecule is C[C@@](C(=O)c1ccccc1)([C@@H]1CNC1=O)N1C(=O)c2ccccc2C1=O. The molecule has 0 unspecified atom stereocenters. The summed E-state index contributed by atoms with van der Waals surface area (Å²) in [4.78, 5) is 52.4. The molecule has 1 N–H and O–H groups in total. The predicted octanol–water partition coefficient (Wildman–Crippen LogP) is 1.67. The number of imide groups is 1. The van der Waals surface area contributed by atoms with Gasteiger partial charge in [0, 0.05) is 12.1 Å². The number of hydrogen-bond donors (Lipinski definition) is 1. The van der Waals surface area contributed by atoms with E-state index >= 15 is 0 Å². The van der Waals surface area contributed by atoms with E-state index in [2.05, 4.69) is 5.32 Å². The molecule has 6 nitrogen and oxygen atoms in total. The average molecular weight is 348 g/mol. The number of rotatable bonds is 4. The van der Waals surface area contributed by atoms with Crippen LogP contribution in [0.2, 0.25) is 0 Å². The number of benzene rings is 2. The molecule has 0 radical (unpaired) electrons. The number of ketones is 1. The lowest BCUT2D eigenvalue weighted by atomic mass is 9.74. The van der Waals surface area contributed by atoms with Gasteiger partial charge in [-0.15, -0.1) is 0 Å². The summed E-state index contributed by atoms with van der Waals surface area (Å²) in [5, 5.41) is 2.60. The third-order valence-electron chi connectivity index (χ3n) is 5.23. The minimum Gasteiger partial charge on any atom is -0.355 e. The molecule has 130 valence electrons. The number of fused-ring (bicyclic) bond motifs is 1. The first-order valence-electron chi connectivity index (χ1n) is 8.31. The van der Waals surface area contributed by atoms with Gasteiger partial charge in [-0.3, -0.25) is 24.1 Å². The van der Waals surface area contributed by atoms with Crippen molar-refractivity contribution in [1.29, 1.82) is 0 Å². The summed E-state index contributed by atoms with van der Waals surface area (Å²) in [5.74, 6) is -2.63. The van der Waals surface area contributed by atoms with Crippen LogP contribution in [0.1, 0.15) is 38.0 Å². The molecule has 2 aromatic rings. The Balaban J connectivity index is 1.85. The number of carbonyl (C=O) groups is 4. The lowest BCUT2D eigenvalue weighted by Gasteiger charge is -2.45. The molecule has 1 saturated heterocycles. The summed E-state index contributed by atoms with van der Waals surface area (Å²) in [7, 11) is 0. The Labute approximate surface area is 149 Å². The van der Waals surface area contributed by atoms with Crippen molar-refractivity contribution < 1.29 is 19.2 Å². The topological polar surface area (TPSA) is 83.6 Å². The number of nitrogens with one attached hydrogen (secondary N) is 1. The third-order valence-corrected chi connectivity index (χ3v) is 5.23. The van der Waals surface area contributed by atoms with Crippen LogP contribution in [0.5, 0.6) is 0 Å². The highest BCUT2D eigenvalue weighted by Crippen LogP contribution is 2.38. The van der Waals surface area contributed by atoms with E-state index in [0.717, 1.165) is 4.90 Å². The zero-order chi connectivity index (χ0) is 18.5. The minimum atomic E-state index is -1.59. The number of Topliss-reactive ketones (excluding diaryl/α,β-unsaturated/α-hetero) is 1. The first-order chi connectivity index (χ1) is 12.5. The van der Waals surface area contributed by atoms with Crippen molar-refractivity contribution in [3.05, 3.63) is 71.3 Å². The minimum absolute atomic E-state index is 0.237. The summed E-state index contributed by atoms with van der Waals surface area (Å²) in [6, 6.07) is 14.9. The van der Waals surface area contributed by atoms with Crippen molar-refractivity contribution in [2.75, 3.05) is 6.54 Å². The third kappa shape index (κ3) is 2.05. The van der Waals surface area contributed by atoms with Crippen molar-refractivity contribution in [2.24, 2.45) is 5.92 Å². The van der Waals surface area contributed by atoms with Crippen molar-refractivity contribution in [3.8, 4) is 0 Å². The smallest absolute Gasteiger partial charge is 0.262 e. The number of amides is 3. The van der Waals surface area contributed by atoms with Gasteiger partial charge in [0.2, 0.25) is 5.91 Å². The molecule has 1 fully saturated rings. The van der Waals surface area contributed by atoms with Crippen LogP contribution in [-0.4, -0.2) is 40.5 Å². The summed E-state index contributed by atoms with van der Waals surface area (Å²) < 4.78 is 0. The zero-order valence-corrected chi connectivity index (χ0v) is 14.1. The van der Waals surface area contributed by atoms with Gasteiger partial charge in [-0.1, -0.05) is 42.5 Å². The molecule has 6 heteroatoms. The van der Waals surface area contributed by atoms with Gasteiger partial charge in [-0.05, 0) is 19.1 Å². The number of hydrogen-bond acceptors (Lipinski definition) is 4. The van der Waals surface area contributed by atoms with Crippen molar-refractivity contribution in [2.45, 2.75) is 12.5 Å². The maximum Gasteiger partial charge on any atom is 0.262 e. The van der Waals surface area contributed by atoms with Gasteiger partial charge in [0.1, 0.15) is 5.54 Å². The Morgan fingerprint density at radius 2 is 1.50 bits per heavy atom. The zero-order valence-electron chi connectivity index (χ0n) is 14.1. The van der Waals surface area contributed by atoms with E-state index in [9.17, 15) is 19.2 Å². The second-order valence-corrected chi connectivity index (χ2v) is 6.63. The van der Waals surface area contributed by atoms with Crippen LogP contribution in [0.15, 0.2) is 54.6 Å². The Morgan fingerprint density at radius 3 is 1.96 bits per heavy atom. The molecule has 4 rings (SSSR count). The van der Waals surface area contributed by atoms with Crippen molar-refractivity contribution >= 4 is 23.5 Å². The van der Waals surface area contributed by atoms with Crippen LogP contribution in [0.3, 0.4) is 0 Å². The Bertz CT molecular complexity index is 918. The quantitative estimate of drug-likeness (QED) is 0.518. The van der Waals surface area contributed by atoms with Gasteiger partial charge in [0.25, 0.3) is 11.8 Å². The summed E-state index contributed by atoms with van der Waals surface area (Å²) in [6.45, 7) is 1.74. The van der Waals surface area contributed by atoms with Crippen LogP contribution in [-0.2, 0) is 4.79 Å². The number of β-lactam (4-membered cyclic amide) rings is 1. The normalized spacial score (nSPS) is 20.9. The Hall–Kier alpha value is -3.28. The lowest BCUT2D eigenvalue weighted by Crippen LogP contribution is -2.69. The molecular weight excluding hydrogens is 332 g/mol. The number of carbonyl (C=O) groups excluding carboxylic acids is 4. The maximum absolute atomic E-state index is 13.3. The van der Waals surface area contributed by atoms with Crippen LogP contribution in [0.4, 0.5) is 0 Å². The van der Waals surface area contributed by atoms with E-state index in [-0.39, 0.29) is 23.6 Å². The van der Waals surface area contributed by atoms with E-state index in [1.165, 1.54) is 6.92 Å². The molecule has 26 heavy (non-hydrogen) atoms. The second kappa shape index (κ2) is 5.62. The summed E-state index contributed by atoms with van der Waals surface area (Å²) in [6.07, 6.45) is 0. The van der Waals surface area contributed by atoms with Gasteiger partial charge in [-0.25, -0.2) is 0 Å². The molecule has 0 aliphatic carbocycles. The second-order valence-electron chi connectivity index (χ2n) is 6.63. The van der Waals surface area contributed by atoms with E-state index in [1.54, 1.807) is 54.6 Å². The fourth-order valence-corrected chi connectivity index (χ4v) is 3.65. The standard InChI is InChI=1S/C20H16N2O4/c1-20(15-11-21-17(15)24,16(23)12-7-3-2-4-8-12)22-18(25)13-9-5-6-10-14(13)19(22)26/h2-10,15H,11H2,1H3,(H,21,24)/t15-,20+/m1/s1. The highest BCUT2D eigenvalue weighted by Gasteiger charge is 2.59. The first kappa shape index (κ1) is 16.2. The molecule has 0 aromatic heterocycles. The molecule has 3 amide bonds. The van der Waals surface area contributed by atoms with Crippen molar-refractivity contribution in [1.82, 2.24) is 10.2 Å². The highest BCUT2D eigenvalue weighted by atomic mass is 16.2. The Morgan fingerprint density at radius 1 is 0.962 bits per heavy atom. The largest absolute Gasteiger partial charge is 0.355 e. The lowest BCUT2D eigenvalue weighted by molar-refractivity contribution is -0.135. The fourth-order valence-electron chi connectivity index (χ4n) is 3.65. The van der Waals surface area contributed by atoms with E-state index < -0.39 is 29.1 Å². The molecule has 2 heterocycles. The highest BCUT2D eigenvalue weighted by molar-refractivity contribution is 6.25. The van der Waals surface area contributed by atoms with Crippen LogP contribution >= 0.6 is 0 Å². The monoisotopic (exact) mass is 348 g/mol. The van der Waals surface area contributed by atoms with Gasteiger partial charge >= 0.3 is 0 Å². The van der Waals surface area contributed by atoms with Gasteiger partial charge in [-0.2, -0.15) is 0 Å². The van der Waals surface area contributed by atoms with Gasteiger partial charge < -0.3 is 5.32 Å². The molecule has 2 atom stereocenters. The molecule has 0 spiro atoms. The summed E-state index contributed by atoms with van der Waals surface area (Å²) in [5.41, 5.74) is -0.725. The Kier molecular flexibility index (Phi) is 3.50. The molecule has 2 aromatic carbocycles. The molecule has 2 aliphatic heterocycles. The van der Waals surface area contributed by atoms with Crippen molar-refractivity contribution in [3.63, 3.8) is 0 Å². The molecular formula is C20H16N2O4. The van der Waals surface area contributed by atoms with E-state index in [4.69, 9.17) is 0 Å². The fraction of sp³-hybridized carbons (Fsp3) is 0.200. The molecule has 2 aliphatic rings. The molecule has 0 saturated carbocycles. The van der Waals surface area contributed by atoms with Gasteiger partial charge in [0.05, 0.1) is 17.0 Å². The average Bonchev–Trinajstić information content (AvgIpc) is 2.92. The maximum atomic E-state index is 13.3. The van der Waals surface area contributed by atoms with Crippen LogP contribution in [0.25, 0.3) is 0 Å². The van der Waals surface area contributed by atoms with E-state index in [0.29, 0.717) is 5.56 Å². The number of nitrogens with zero attached hydrogens (tertiary/aromatic N) is 1.